The number of carboxylic acids is 1. The summed E-state index contributed by atoms with van der Waals surface area (Å²) in [6.07, 6.45) is 4.44. The number of benzene rings is 1. The number of rotatable bonds is 8. The fraction of sp³-hybridized carbons (Fsp3) is 0.368. The Balaban J connectivity index is 1.65. The summed E-state index contributed by atoms with van der Waals surface area (Å²) < 4.78 is 14.3. The summed E-state index contributed by atoms with van der Waals surface area (Å²) in [5.41, 5.74) is 1.55. The number of pyridine rings is 1. The molecule has 1 heterocycles. The Labute approximate surface area is 155 Å². The van der Waals surface area contributed by atoms with Crippen LogP contribution in [0.1, 0.15) is 32.1 Å². The second kappa shape index (κ2) is 8.72. The van der Waals surface area contributed by atoms with Crippen molar-refractivity contribution in [2.24, 2.45) is 0 Å². The van der Waals surface area contributed by atoms with Crippen LogP contribution in [0.5, 0.6) is 0 Å². The average molecular weight is 378 g/mol. The van der Waals surface area contributed by atoms with E-state index in [2.05, 4.69) is 4.98 Å². The van der Waals surface area contributed by atoms with Crippen molar-refractivity contribution in [2.45, 2.75) is 47.3 Å². The van der Waals surface area contributed by atoms with Crippen LogP contribution in [0, 0.1) is 5.82 Å². The van der Waals surface area contributed by atoms with Crippen molar-refractivity contribution in [1.29, 1.82) is 0 Å². The smallest absolute Gasteiger partial charge is 0.303 e. The summed E-state index contributed by atoms with van der Waals surface area (Å²) in [4.78, 5) is 15.7. The van der Waals surface area contributed by atoms with Gasteiger partial charge in [-0.1, -0.05) is 18.6 Å². The number of hydrogen-bond acceptors (Lipinski definition) is 4. The van der Waals surface area contributed by atoms with Gasteiger partial charge >= 0.3 is 5.97 Å². The summed E-state index contributed by atoms with van der Waals surface area (Å²) in [5, 5.41) is 10.3. The third-order valence-electron chi connectivity index (χ3n) is 4.08. The molecule has 0 amide bonds. The van der Waals surface area contributed by atoms with Crippen LogP contribution in [0.4, 0.5) is 4.39 Å². The molecule has 25 heavy (non-hydrogen) atoms. The van der Waals surface area contributed by atoms with Gasteiger partial charge in [0.25, 0.3) is 0 Å². The second-order valence-electron chi connectivity index (χ2n) is 6.02. The molecule has 0 bridgehead atoms. The lowest BCUT2D eigenvalue weighted by Gasteiger charge is -2.24. The molecule has 0 unspecified atom stereocenters. The minimum absolute atomic E-state index is 0.113. The molecular weight excluding hydrogens is 357 g/mol. The van der Waals surface area contributed by atoms with E-state index >= 15 is 0 Å². The molecule has 3 rings (SSSR count). The van der Waals surface area contributed by atoms with Crippen LogP contribution in [0.2, 0.25) is 0 Å². The Kier molecular flexibility index (Phi) is 6.37. The van der Waals surface area contributed by atoms with Crippen molar-refractivity contribution in [2.75, 3.05) is 5.75 Å². The lowest BCUT2D eigenvalue weighted by Crippen LogP contribution is -2.12. The predicted octanol–water partition coefficient (Wildman–Crippen LogP) is 5.49. The first-order chi connectivity index (χ1) is 12.1. The van der Waals surface area contributed by atoms with Gasteiger partial charge in [0, 0.05) is 22.1 Å². The number of halogens is 1. The van der Waals surface area contributed by atoms with Gasteiger partial charge in [0.1, 0.15) is 5.82 Å². The van der Waals surface area contributed by atoms with Gasteiger partial charge in [0.15, 0.2) is 0 Å². The molecular formula is C19H20FNO2S2. The minimum atomic E-state index is -0.817. The summed E-state index contributed by atoms with van der Waals surface area (Å²) in [7, 11) is 0. The molecule has 3 nitrogen and oxygen atoms in total. The maximum Gasteiger partial charge on any atom is 0.303 e. The van der Waals surface area contributed by atoms with Crippen molar-refractivity contribution in [3.05, 3.63) is 42.2 Å². The summed E-state index contributed by atoms with van der Waals surface area (Å²) in [5.74, 6) is -0.507. The van der Waals surface area contributed by atoms with Crippen molar-refractivity contribution in [3.8, 4) is 11.3 Å². The molecule has 132 valence electrons. The molecule has 1 aliphatic rings. The van der Waals surface area contributed by atoms with Gasteiger partial charge in [-0.2, -0.15) is 0 Å². The molecule has 1 N–H and O–H groups in total. The van der Waals surface area contributed by atoms with E-state index in [4.69, 9.17) is 5.11 Å². The highest BCUT2D eigenvalue weighted by molar-refractivity contribution is 8.00. The maximum absolute atomic E-state index is 14.3. The van der Waals surface area contributed by atoms with E-state index < -0.39 is 5.97 Å². The highest BCUT2D eigenvalue weighted by atomic mass is 32.2. The van der Waals surface area contributed by atoms with Crippen molar-refractivity contribution in [1.82, 2.24) is 4.98 Å². The fourth-order valence-corrected chi connectivity index (χ4v) is 4.57. The first kappa shape index (κ1) is 18.3. The van der Waals surface area contributed by atoms with E-state index in [0.717, 1.165) is 16.3 Å². The van der Waals surface area contributed by atoms with Gasteiger partial charge in [-0.15, -0.1) is 23.5 Å². The van der Waals surface area contributed by atoms with E-state index in [9.17, 15) is 9.18 Å². The van der Waals surface area contributed by atoms with E-state index in [-0.39, 0.29) is 12.2 Å². The maximum atomic E-state index is 14.3. The number of nitrogens with zero attached hydrogens (tertiary/aromatic N) is 1. The molecule has 6 heteroatoms. The molecule has 1 fully saturated rings. The second-order valence-corrected chi connectivity index (χ2v) is 8.48. The number of aromatic nitrogens is 1. The summed E-state index contributed by atoms with van der Waals surface area (Å²) in [6, 6.07) is 11.0. The highest BCUT2D eigenvalue weighted by Gasteiger charge is 2.19. The number of aliphatic carboxylic acids is 1. The molecule has 1 aliphatic carbocycles. The quantitative estimate of drug-likeness (QED) is 0.487. The van der Waals surface area contributed by atoms with Crippen LogP contribution in [0.3, 0.4) is 0 Å². The average Bonchev–Trinajstić information content (AvgIpc) is 2.56. The zero-order valence-corrected chi connectivity index (χ0v) is 15.4. The van der Waals surface area contributed by atoms with Crippen molar-refractivity contribution >= 4 is 29.5 Å². The number of carboxylic acid groups (broad SMARTS) is 1. The van der Waals surface area contributed by atoms with E-state index in [1.807, 2.05) is 24.3 Å². The topological polar surface area (TPSA) is 50.2 Å². The Bertz CT molecular complexity index is 750. The molecule has 0 radical (unpaired) electrons. The van der Waals surface area contributed by atoms with E-state index in [1.165, 1.54) is 37.1 Å². The molecule has 0 atom stereocenters. The summed E-state index contributed by atoms with van der Waals surface area (Å²) >= 11 is 3.16. The van der Waals surface area contributed by atoms with Crippen LogP contribution in [0.25, 0.3) is 11.3 Å². The summed E-state index contributed by atoms with van der Waals surface area (Å²) in [6.45, 7) is 0. The van der Waals surface area contributed by atoms with Crippen LogP contribution < -0.4 is 0 Å². The SMILES string of the molecule is O=C(O)CCCSc1ccc(-c2cccc(SC3CCC3)n2)cc1F. The van der Waals surface area contributed by atoms with Crippen LogP contribution in [-0.2, 0) is 4.79 Å². The lowest BCUT2D eigenvalue weighted by molar-refractivity contribution is -0.137. The first-order valence-electron chi connectivity index (χ1n) is 8.40. The molecule has 1 saturated carbocycles. The van der Waals surface area contributed by atoms with Crippen molar-refractivity contribution in [3.63, 3.8) is 0 Å². The lowest BCUT2D eigenvalue weighted by atomic mass is 10.0. The van der Waals surface area contributed by atoms with Crippen LogP contribution >= 0.6 is 23.5 Å². The Morgan fingerprint density at radius 2 is 2.12 bits per heavy atom. The number of hydrogen-bond donors (Lipinski definition) is 1. The van der Waals surface area contributed by atoms with Gasteiger partial charge in [-0.3, -0.25) is 4.79 Å². The Morgan fingerprint density at radius 1 is 1.28 bits per heavy atom. The predicted molar refractivity (Wildman–Crippen MR) is 101 cm³/mol. The van der Waals surface area contributed by atoms with E-state index in [0.29, 0.717) is 22.3 Å². The standard InChI is InChI=1S/C19H20FNO2S2/c20-15-12-13(9-10-17(15)24-11-3-8-19(22)23)16-6-2-7-18(21-16)25-14-4-1-5-14/h2,6-7,9-10,12,14H,1,3-5,8,11H2,(H,22,23). The third-order valence-corrected chi connectivity index (χ3v) is 6.49. The minimum Gasteiger partial charge on any atom is -0.481 e. The number of carbonyl (C=O) groups is 1. The molecule has 1 aromatic carbocycles. The van der Waals surface area contributed by atoms with Gasteiger partial charge < -0.3 is 5.11 Å². The molecule has 0 spiro atoms. The zero-order chi connectivity index (χ0) is 17.6. The molecule has 0 saturated heterocycles. The Hall–Kier alpha value is -1.53. The monoisotopic (exact) mass is 377 g/mol. The van der Waals surface area contributed by atoms with Gasteiger partial charge in [0.05, 0.1) is 10.7 Å². The van der Waals surface area contributed by atoms with Crippen molar-refractivity contribution < 1.29 is 14.3 Å². The Morgan fingerprint density at radius 3 is 2.80 bits per heavy atom. The normalized spacial score (nSPS) is 14.3. The third kappa shape index (κ3) is 5.22. The zero-order valence-electron chi connectivity index (χ0n) is 13.8. The molecule has 0 aliphatic heterocycles. The van der Waals surface area contributed by atoms with E-state index in [1.54, 1.807) is 17.8 Å². The highest BCUT2D eigenvalue weighted by Crippen LogP contribution is 2.36. The van der Waals surface area contributed by atoms with Gasteiger partial charge in [-0.05, 0) is 49.3 Å². The fourth-order valence-electron chi connectivity index (χ4n) is 2.48. The largest absolute Gasteiger partial charge is 0.481 e. The van der Waals surface area contributed by atoms with Crippen LogP contribution in [0.15, 0.2) is 46.3 Å². The van der Waals surface area contributed by atoms with Crippen LogP contribution in [-0.4, -0.2) is 27.1 Å². The van der Waals surface area contributed by atoms with Gasteiger partial charge in [-0.25, -0.2) is 9.37 Å². The molecule has 1 aromatic heterocycles. The first-order valence-corrected chi connectivity index (χ1v) is 10.3. The van der Waals surface area contributed by atoms with Gasteiger partial charge in [0.2, 0.25) is 0 Å². The number of thioether (sulfide) groups is 2. The molecule has 2 aromatic rings.